The van der Waals surface area contributed by atoms with E-state index in [1.54, 1.807) is 18.3 Å². The second-order valence-corrected chi connectivity index (χ2v) is 7.99. The summed E-state index contributed by atoms with van der Waals surface area (Å²) in [6.07, 6.45) is 1.63. The number of benzene rings is 3. The summed E-state index contributed by atoms with van der Waals surface area (Å²) in [7, 11) is 0. The molecular weight excluding hydrogens is 409 g/mol. The predicted molar refractivity (Wildman–Crippen MR) is 128 cm³/mol. The number of nitrogens with one attached hydrogen (secondary N) is 2. The first-order chi connectivity index (χ1) is 15.1. The molecule has 158 valence electrons. The Morgan fingerprint density at radius 3 is 2.48 bits per heavy atom. The molecule has 31 heavy (non-hydrogen) atoms. The molecule has 1 atom stereocenters. The maximum atomic E-state index is 14.3. The van der Waals surface area contributed by atoms with Crippen molar-refractivity contribution < 1.29 is 4.39 Å². The van der Waals surface area contributed by atoms with Crippen molar-refractivity contribution in [2.75, 3.05) is 11.9 Å². The first-order valence-corrected chi connectivity index (χ1v) is 10.8. The van der Waals surface area contributed by atoms with Crippen molar-refractivity contribution in [1.82, 2.24) is 10.3 Å². The molecule has 0 radical (unpaired) electrons. The van der Waals surface area contributed by atoms with Gasteiger partial charge in [-0.05, 0) is 48.4 Å². The van der Waals surface area contributed by atoms with E-state index in [0.29, 0.717) is 10.6 Å². The van der Waals surface area contributed by atoms with E-state index in [-0.39, 0.29) is 11.9 Å². The first-order valence-electron chi connectivity index (χ1n) is 10.5. The van der Waals surface area contributed by atoms with Gasteiger partial charge in [0.25, 0.3) is 0 Å². The van der Waals surface area contributed by atoms with E-state index in [9.17, 15) is 4.39 Å². The summed E-state index contributed by atoms with van der Waals surface area (Å²) in [5.74, 6) is -0.240. The maximum absolute atomic E-state index is 14.3. The zero-order valence-corrected chi connectivity index (χ0v) is 18.4. The molecule has 0 fully saturated rings. The first kappa shape index (κ1) is 21.3. The molecule has 3 aromatic carbocycles. The summed E-state index contributed by atoms with van der Waals surface area (Å²) in [6, 6.07) is 21.2. The van der Waals surface area contributed by atoms with E-state index in [0.717, 1.165) is 40.8 Å². The van der Waals surface area contributed by atoms with Crippen molar-refractivity contribution in [2.45, 2.75) is 26.4 Å². The quantitative estimate of drug-likeness (QED) is 0.330. The molecule has 5 heteroatoms. The van der Waals surface area contributed by atoms with Gasteiger partial charge in [-0.15, -0.1) is 0 Å². The van der Waals surface area contributed by atoms with Crippen molar-refractivity contribution in [1.29, 1.82) is 0 Å². The smallest absolute Gasteiger partial charge is 0.128 e. The summed E-state index contributed by atoms with van der Waals surface area (Å²) >= 11 is 6.52. The number of aromatic nitrogens is 1. The lowest BCUT2D eigenvalue weighted by Crippen LogP contribution is -2.11. The molecule has 0 aliphatic carbocycles. The molecule has 0 unspecified atom stereocenters. The number of hydrogen-bond acceptors (Lipinski definition) is 3. The predicted octanol–water partition coefficient (Wildman–Crippen LogP) is 6.98. The number of fused-ring (bicyclic) bond motifs is 1. The van der Waals surface area contributed by atoms with Crippen LogP contribution in [0.4, 0.5) is 10.1 Å². The van der Waals surface area contributed by atoms with Gasteiger partial charge in [-0.25, -0.2) is 4.39 Å². The Labute approximate surface area is 187 Å². The van der Waals surface area contributed by atoms with Gasteiger partial charge in [-0.3, -0.25) is 4.98 Å². The number of nitrogens with zero attached hydrogens (tertiary/aromatic N) is 1. The summed E-state index contributed by atoms with van der Waals surface area (Å²) in [4.78, 5) is 4.47. The molecule has 3 nitrogen and oxygen atoms in total. The molecule has 4 rings (SSSR count). The third-order valence-electron chi connectivity index (χ3n) is 5.42. The van der Waals surface area contributed by atoms with Crippen LogP contribution in [-0.2, 0) is 6.54 Å². The Balaban J connectivity index is 1.69. The topological polar surface area (TPSA) is 37.0 Å². The van der Waals surface area contributed by atoms with Crippen LogP contribution in [-0.4, -0.2) is 11.5 Å². The van der Waals surface area contributed by atoms with Crippen molar-refractivity contribution in [3.63, 3.8) is 0 Å². The van der Waals surface area contributed by atoms with Crippen LogP contribution in [0.5, 0.6) is 0 Å². The average Bonchev–Trinajstić information content (AvgIpc) is 2.80. The SMILES string of the molecule is CCNCc1ccc(-c2ccc3ncc(Cl)c(N[C@H](C)c4ccccc4F)c3c2)cc1. The van der Waals surface area contributed by atoms with Gasteiger partial charge in [-0.1, -0.05) is 67.1 Å². The van der Waals surface area contributed by atoms with Gasteiger partial charge in [0, 0.05) is 23.7 Å². The summed E-state index contributed by atoms with van der Waals surface area (Å²) < 4.78 is 14.3. The number of halogens is 2. The van der Waals surface area contributed by atoms with E-state index in [2.05, 4.69) is 58.9 Å². The van der Waals surface area contributed by atoms with E-state index in [4.69, 9.17) is 11.6 Å². The Morgan fingerprint density at radius 2 is 1.74 bits per heavy atom. The Bertz CT molecular complexity index is 1190. The summed E-state index contributed by atoms with van der Waals surface area (Å²) in [6.45, 7) is 5.83. The van der Waals surface area contributed by atoms with Gasteiger partial charge >= 0.3 is 0 Å². The van der Waals surface area contributed by atoms with Gasteiger partial charge in [-0.2, -0.15) is 0 Å². The van der Waals surface area contributed by atoms with Crippen molar-refractivity contribution >= 4 is 28.2 Å². The molecule has 0 saturated carbocycles. The Morgan fingerprint density at radius 1 is 1.00 bits per heavy atom. The molecule has 2 N–H and O–H groups in total. The van der Waals surface area contributed by atoms with E-state index in [1.165, 1.54) is 11.6 Å². The van der Waals surface area contributed by atoms with E-state index < -0.39 is 0 Å². The molecule has 0 amide bonds. The highest BCUT2D eigenvalue weighted by Gasteiger charge is 2.15. The Kier molecular flexibility index (Phi) is 6.50. The fourth-order valence-electron chi connectivity index (χ4n) is 3.70. The largest absolute Gasteiger partial charge is 0.377 e. The zero-order chi connectivity index (χ0) is 21.8. The molecule has 0 aliphatic heterocycles. The minimum absolute atomic E-state index is 0.240. The number of pyridine rings is 1. The zero-order valence-electron chi connectivity index (χ0n) is 17.6. The fraction of sp³-hybridized carbons (Fsp3) is 0.192. The van der Waals surface area contributed by atoms with Crippen LogP contribution in [0, 0.1) is 5.82 Å². The number of hydrogen-bond donors (Lipinski definition) is 2. The van der Waals surface area contributed by atoms with E-state index >= 15 is 0 Å². The highest BCUT2D eigenvalue weighted by atomic mass is 35.5. The number of anilines is 1. The second-order valence-electron chi connectivity index (χ2n) is 7.58. The second kappa shape index (κ2) is 9.46. The van der Waals surface area contributed by atoms with E-state index in [1.807, 2.05) is 19.1 Å². The monoisotopic (exact) mass is 433 g/mol. The summed E-state index contributed by atoms with van der Waals surface area (Å²) in [5, 5.41) is 8.16. The third kappa shape index (κ3) is 4.71. The molecule has 0 saturated heterocycles. The lowest BCUT2D eigenvalue weighted by atomic mass is 10.0. The number of rotatable bonds is 7. The Hall–Kier alpha value is -2.95. The molecule has 1 aromatic heterocycles. The molecule has 0 bridgehead atoms. The van der Waals surface area contributed by atoms with Crippen LogP contribution in [0.3, 0.4) is 0 Å². The van der Waals surface area contributed by atoms with Crippen LogP contribution < -0.4 is 10.6 Å². The van der Waals surface area contributed by atoms with Gasteiger partial charge in [0.1, 0.15) is 5.82 Å². The standard InChI is InChI=1S/C26H25ClFN3/c1-3-29-15-18-8-10-19(11-9-18)20-12-13-25-22(14-20)26(23(27)16-30-25)31-17(2)21-6-4-5-7-24(21)28/h4-14,16-17,29H,3,15H2,1-2H3,(H,30,31)/t17-/m1/s1. The molecule has 0 spiro atoms. The van der Waals surface area contributed by atoms with Crippen LogP contribution in [0.15, 0.2) is 72.9 Å². The maximum Gasteiger partial charge on any atom is 0.128 e. The third-order valence-corrected chi connectivity index (χ3v) is 5.71. The van der Waals surface area contributed by atoms with Crippen molar-refractivity contribution in [3.8, 4) is 11.1 Å². The van der Waals surface area contributed by atoms with Gasteiger partial charge < -0.3 is 10.6 Å². The van der Waals surface area contributed by atoms with Gasteiger partial charge in [0.15, 0.2) is 0 Å². The molecular formula is C26H25ClFN3. The minimum Gasteiger partial charge on any atom is -0.377 e. The van der Waals surface area contributed by atoms with Crippen LogP contribution in [0.1, 0.15) is 31.0 Å². The molecule has 1 heterocycles. The highest BCUT2D eigenvalue weighted by molar-refractivity contribution is 6.34. The molecule has 0 aliphatic rings. The van der Waals surface area contributed by atoms with Crippen LogP contribution in [0.25, 0.3) is 22.0 Å². The summed E-state index contributed by atoms with van der Waals surface area (Å²) in [5.41, 5.74) is 5.63. The van der Waals surface area contributed by atoms with Crippen LogP contribution in [0.2, 0.25) is 5.02 Å². The van der Waals surface area contributed by atoms with Crippen molar-refractivity contribution in [3.05, 3.63) is 94.9 Å². The molecule has 4 aromatic rings. The van der Waals surface area contributed by atoms with Crippen molar-refractivity contribution in [2.24, 2.45) is 0 Å². The fourth-order valence-corrected chi connectivity index (χ4v) is 3.90. The lowest BCUT2D eigenvalue weighted by molar-refractivity contribution is 0.600. The van der Waals surface area contributed by atoms with Crippen LogP contribution >= 0.6 is 11.6 Å². The normalized spacial score (nSPS) is 12.1. The lowest BCUT2D eigenvalue weighted by Gasteiger charge is -2.19. The van der Waals surface area contributed by atoms with Gasteiger partial charge in [0.2, 0.25) is 0 Å². The highest BCUT2D eigenvalue weighted by Crippen LogP contribution is 2.35. The minimum atomic E-state index is -0.252. The van der Waals surface area contributed by atoms with Gasteiger partial charge in [0.05, 0.1) is 22.3 Å². The average molecular weight is 434 g/mol.